The van der Waals surface area contributed by atoms with Gasteiger partial charge in [-0.15, -0.1) is 0 Å². The van der Waals surface area contributed by atoms with Crippen LogP contribution in [0.3, 0.4) is 0 Å². The first-order valence-corrected chi connectivity index (χ1v) is 9.99. The number of halogens is 2. The zero-order valence-electron chi connectivity index (χ0n) is 16.0. The van der Waals surface area contributed by atoms with Gasteiger partial charge < -0.3 is 14.8 Å². The Hall–Kier alpha value is -1.95. The summed E-state index contributed by atoms with van der Waals surface area (Å²) in [6.07, 6.45) is 2.47. The third-order valence-corrected chi connectivity index (χ3v) is 5.65. The summed E-state index contributed by atoms with van der Waals surface area (Å²) in [5, 5.41) is 3.69. The highest BCUT2D eigenvalue weighted by Gasteiger charge is 2.28. The number of nitrogens with zero attached hydrogens (tertiary/aromatic N) is 1. The lowest BCUT2D eigenvalue weighted by Gasteiger charge is -2.26. The van der Waals surface area contributed by atoms with E-state index in [2.05, 4.69) is 10.2 Å². The lowest BCUT2D eigenvalue weighted by atomic mass is 10.0. The molecule has 0 unspecified atom stereocenters. The summed E-state index contributed by atoms with van der Waals surface area (Å²) >= 11 is 12.3. The molecule has 1 heterocycles. The molecule has 1 N–H and O–H groups in total. The maximum atomic E-state index is 12.4. The van der Waals surface area contributed by atoms with Gasteiger partial charge in [0.15, 0.2) is 0 Å². The summed E-state index contributed by atoms with van der Waals surface area (Å²) < 4.78 is 10.9. The molecule has 0 saturated carbocycles. The number of benzene rings is 2. The summed E-state index contributed by atoms with van der Waals surface area (Å²) in [6, 6.07) is 11.3. The van der Waals surface area contributed by atoms with Gasteiger partial charge in [0, 0.05) is 30.6 Å². The first-order valence-electron chi connectivity index (χ1n) is 9.23. The van der Waals surface area contributed by atoms with E-state index in [-0.39, 0.29) is 11.9 Å². The Morgan fingerprint density at radius 3 is 2.61 bits per heavy atom. The number of carbonyl (C=O) groups is 1. The molecule has 1 amide bonds. The third-order valence-electron chi connectivity index (χ3n) is 5.02. The standard InChI is InChI=1S/C21H24Cl2N2O3/c1-27-14-8-9-15(19(13-14)28-2)18-7-4-11-25(18)12-10-20(26)24-21-16(22)5-3-6-17(21)23/h3,5-6,8-9,13,18H,4,7,10-12H2,1-2H3,(H,24,26)/t18-/m0/s1. The molecule has 0 radical (unpaired) electrons. The highest BCUT2D eigenvalue weighted by Crippen LogP contribution is 2.38. The van der Waals surface area contributed by atoms with Gasteiger partial charge in [-0.25, -0.2) is 0 Å². The smallest absolute Gasteiger partial charge is 0.225 e. The van der Waals surface area contributed by atoms with E-state index >= 15 is 0 Å². The predicted molar refractivity (Wildman–Crippen MR) is 113 cm³/mol. The number of ether oxygens (including phenoxy) is 2. The summed E-state index contributed by atoms with van der Waals surface area (Å²) in [4.78, 5) is 14.7. The fourth-order valence-electron chi connectivity index (χ4n) is 3.60. The molecule has 3 rings (SSSR count). The van der Waals surface area contributed by atoms with E-state index in [1.54, 1.807) is 32.4 Å². The monoisotopic (exact) mass is 422 g/mol. The number of para-hydroxylation sites is 1. The number of hydrogen-bond acceptors (Lipinski definition) is 4. The highest BCUT2D eigenvalue weighted by atomic mass is 35.5. The number of rotatable bonds is 7. The Morgan fingerprint density at radius 2 is 1.93 bits per heavy atom. The van der Waals surface area contributed by atoms with Crippen LogP contribution in [0.4, 0.5) is 5.69 Å². The maximum Gasteiger partial charge on any atom is 0.225 e. The molecule has 1 aliphatic rings. The van der Waals surface area contributed by atoms with Crippen LogP contribution in [0.1, 0.15) is 30.9 Å². The second-order valence-electron chi connectivity index (χ2n) is 6.70. The van der Waals surface area contributed by atoms with E-state index < -0.39 is 0 Å². The Balaban J connectivity index is 1.65. The largest absolute Gasteiger partial charge is 0.497 e. The molecule has 5 nitrogen and oxygen atoms in total. The second kappa shape index (κ2) is 9.50. The normalized spacial score (nSPS) is 16.8. The molecule has 0 aromatic heterocycles. The molecule has 7 heteroatoms. The minimum Gasteiger partial charge on any atom is -0.497 e. The molecule has 2 aromatic carbocycles. The molecule has 0 bridgehead atoms. The molecule has 0 aliphatic carbocycles. The quantitative estimate of drug-likeness (QED) is 0.667. The van der Waals surface area contributed by atoms with E-state index in [0.717, 1.165) is 36.4 Å². The first kappa shape index (κ1) is 20.8. The van der Waals surface area contributed by atoms with Gasteiger partial charge in [0.1, 0.15) is 11.5 Å². The minimum atomic E-state index is -0.109. The average Bonchev–Trinajstić information content (AvgIpc) is 3.17. The van der Waals surface area contributed by atoms with Crippen LogP contribution in [0.15, 0.2) is 36.4 Å². The molecule has 1 aliphatic heterocycles. The van der Waals surface area contributed by atoms with Gasteiger partial charge in [-0.05, 0) is 37.6 Å². The van der Waals surface area contributed by atoms with Gasteiger partial charge in [-0.1, -0.05) is 35.3 Å². The molecule has 150 valence electrons. The van der Waals surface area contributed by atoms with Crippen molar-refractivity contribution in [3.8, 4) is 11.5 Å². The van der Waals surface area contributed by atoms with E-state index in [1.807, 2.05) is 18.2 Å². The van der Waals surface area contributed by atoms with Crippen LogP contribution < -0.4 is 14.8 Å². The Morgan fingerprint density at radius 1 is 1.18 bits per heavy atom. The third kappa shape index (κ3) is 4.72. The van der Waals surface area contributed by atoms with Gasteiger partial charge in [-0.3, -0.25) is 9.69 Å². The van der Waals surface area contributed by atoms with Crippen LogP contribution in [0.2, 0.25) is 10.0 Å². The average molecular weight is 423 g/mol. The lowest BCUT2D eigenvalue weighted by Crippen LogP contribution is -2.28. The van der Waals surface area contributed by atoms with Gasteiger partial charge in [0.2, 0.25) is 5.91 Å². The predicted octanol–water partition coefficient (Wildman–Crippen LogP) is 5.18. The van der Waals surface area contributed by atoms with E-state index in [4.69, 9.17) is 32.7 Å². The molecule has 0 spiro atoms. The number of anilines is 1. The van der Waals surface area contributed by atoms with Crippen molar-refractivity contribution in [2.45, 2.75) is 25.3 Å². The van der Waals surface area contributed by atoms with Gasteiger partial charge in [0.25, 0.3) is 0 Å². The molecular formula is C21H24Cl2N2O3. The summed E-state index contributed by atoms with van der Waals surface area (Å²) in [6.45, 7) is 1.59. The van der Waals surface area contributed by atoms with Gasteiger partial charge in [0.05, 0.1) is 30.0 Å². The molecule has 1 atom stereocenters. The van der Waals surface area contributed by atoms with Crippen LogP contribution in [-0.4, -0.2) is 38.1 Å². The Labute approximate surface area is 175 Å². The lowest BCUT2D eigenvalue weighted by molar-refractivity contribution is -0.116. The van der Waals surface area contributed by atoms with Crippen LogP contribution >= 0.6 is 23.2 Å². The fourth-order valence-corrected chi connectivity index (χ4v) is 4.10. The molecule has 2 aromatic rings. The van der Waals surface area contributed by atoms with E-state index in [1.165, 1.54) is 0 Å². The summed E-state index contributed by atoms with van der Waals surface area (Å²) in [7, 11) is 3.30. The van der Waals surface area contributed by atoms with Crippen molar-refractivity contribution in [1.29, 1.82) is 0 Å². The van der Waals surface area contributed by atoms with Crippen molar-refractivity contribution in [2.75, 3.05) is 32.6 Å². The SMILES string of the molecule is COc1ccc([C@@H]2CCCN2CCC(=O)Nc2c(Cl)cccc2Cl)c(OC)c1. The number of likely N-dealkylation sites (tertiary alicyclic amines) is 1. The van der Waals surface area contributed by atoms with Crippen LogP contribution in [-0.2, 0) is 4.79 Å². The molecule has 1 saturated heterocycles. The van der Waals surface area contributed by atoms with Gasteiger partial charge >= 0.3 is 0 Å². The van der Waals surface area contributed by atoms with Crippen molar-refractivity contribution < 1.29 is 14.3 Å². The molecular weight excluding hydrogens is 399 g/mol. The fraction of sp³-hybridized carbons (Fsp3) is 0.381. The molecule has 28 heavy (non-hydrogen) atoms. The number of nitrogens with one attached hydrogen (secondary N) is 1. The number of hydrogen-bond donors (Lipinski definition) is 1. The van der Waals surface area contributed by atoms with Crippen LogP contribution in [0.5, 0.6) is 11.5 Å². The number of methoxy groups -OCH3 is 2. The van der Waals surface area contributed by atoms with E-state index in [0.29, 0.717) is 28.7 Å². The second-order valence-corrected chi connectivity index (χ2v) is 7.51. The van der Waals surface area contributed by atoms with Crippen molar-refractivity contribution >= 4 is 34.8 Å². The maximum absolute atomic E-state index is 12.4. The zero-order chi connectivity index (χ0) is 20.1. The number of carbonyl (C=O) groups excluding carboxylic acids is 1. The Bertz CT molecular complexity index is 824. The summed E-state index contributed by atoms with van der Waals surface area (Å²) in [5.41, 5.74) is 1.58. The van der Waals surface area contributed by atoms with Crippen LogP contribution in [0, 0.1) is 0 Å². The first-order chi connectivity index (χ1) is 13.5. The Kier molecular flexibility index (Phi) is 7.05. The van der Waals surface area contributed by atoms with Crippen molar-refractivity contribution in [2.24, 2.45) is 0 Å². The van der Waals surface area contributed by atoms with Gasteiger partial charge in [-0.2, -0.15) is 0 Å². The topological polar surface area (TPSA) is 50.8 Å². The minimum absolute atomic E-state index is 0.109. The van der Waals surface area contributed by atoms with Crippen LogP contribution in [0.25, 0.3) is 0 Å². The van der Waals surface area contributed by atoms with Crippen molar-refractivity contribution in [1.82, 2.24) is 4.90 Å². The van der Waals surface area contributed by atoms with E-state index in [9.17, 15) is 4.79 Å². The molecule has 1 fully saturated rings. The summed E-state index contributed by atoms with van der Waals surface area (Å²) in [5.74, 6) is 1.46. The zero-order valence-corrected chi connectivity index (χ0v) is 17.5. The highest BCUT2D eigenvalue weighted by molar-refractivity contribution is 6.39. The van der Waals surface area contributed by atoms with Crippen molar-refractivity contribution in [3.05, 3.63) is 52.0 Å². The number of amides is 1. The van der Waals surface area contributed by atoms with Crippen molar-refractivity contribution in [3.63, 3.8) is 0 Å².